The molecule has 0 spiro atoms. The molecule has 0 aliphatic carbocycles. The minimum Gasteiger partial charge on any atom is -0.312 e. The lowest BCUT2D eigenvalue weighted by molar-refractivity contribution is 0.352. The molecule has 9 heavy (non-hydrogen) atoms. The minimum atomic E-state index is 0. The summed E-state index contributed by atoms with van der Waals surface area (Å²) in [6, 6.07) is 1.53. The SMILES string of the molecule is CC1CCC[C@@H](C)N1.Cl. The standard InChI is InChI=1S/C7H15N.ClH/c1-6-4-3-5-7(2)8-6;/h6-8H,3-5H2,1-2H3;1H/t6-,7?;/m1./s1. The number of rotatable bonds is 0. The Morgan fingerprint density at radius 1 is 1.11 bits per heavy atom. The van der Waals surface area contributed by atoms with Gasteiger partial charge in [-0.05, 0) is 26.7 Å². The molecule has 1 aliphatic heterocycles. The molecular weight excluding hydrogens is 134 g/mol. The van der Waals surface area contributed by atoms with Crippen LogP contribution in [0.2, 0.25) is 0 Å². The molecule has 0 saturated carbocycles. The largest absolute Gasteiger partial charge is 0.312 e. The van der Waals surface area contributed by atoms with Gasteiger partial charge in [-0.2, -0.15) is 0 Å². The molecule has 1 rings (SSSR count). The second-order valence-electron chi connectivity index (χ2n) is 2.90. The molecule has 1 aliphatic rings. The van der Waals surface area contributed by atoms with Crippen LogP contribution in [-0.4, -0.2) is 12.1 Å². The number of hydrogen-bond acceptors (Lipinski definition) is 1. The van der Waals surface area contributed by atoms with E-state index >= 15 is 0 Å². The zero-order chi connectivity index (χ0) is 5.98. The Morgan fingerprint density at radius 3 is 1.78 bits per heavy atom. The van der Waals surface area contributed by atoms with Gasteiger partial charge >= 0.3 is 0 Å². The van der Waals surface area contributed by atoms with Crippen molar-refractivity contribution in [2.45, 2.75) is 45.2 Å². The summed E-state index contributed by atoms with van der Waals surface area (Å²) < 4.78 is 0. The van der Waals surface area contributed by atoms with Gasteiger partial charge in [0.2, 0.25) is 0 Å². The van der Waals surface area contributed by atoms with Gasteiger partial charge in [0.25, 0.3) is 0 Å². The van der Waals surface area contributed by atoms with Gasteiger partial charge in [-0.25, -0.2) is 0 Å². The van der Waals surface area contributed by atoms with Crippen LogP contribution in [0, 0.1) is 0 Å². The highest BCUT2D eigenvalue weighted by molar-refractivity contribution is 5.85. The van der Waals surface area contributed by atoms with Crippen LogP contribution in [0.1, 0.15) is 33.1 Å². The molecule has 56 valence electrons. The second-order valence-corrected chi connectivity index (χ2v) is 2.90. The summed E-state index contributed by atoms with van der Waals surface area (Å²) in [4.78, 5) is 0. The van der Waals surface area contributed by atoms with Crippen LogP contribution in [-0.2, 0) is 0 Å². The molecule has 1 N–H and O–H groups in total. The van der Waals surface area contributed by atoms with Crippen LogP contribution < -0.4 is 5.32 Å². The van der Waals surface area contributed by atoms with Crippen LogP contribution in [0.25, 0.3) is 0 Å². The van der Waals surface area contributed by atoms with Gasteiger partial charge in [0, 0.05) is 12.1 Å². The average molecular weight is 150 g/mol. The smallest absolute Gasteiger partial charge is 0.00412 e. The summed E-state index contributed by atoms with van der Waals surface area (Å²) in [5.41, 5.74) is 0. The van der Waals surface area contributed by atoms with Crippen molar-refractivity contribution in [1.29, 1.82) is 0 Å². The molecule has 0 aromatic carbocycles. The number of nitrogens with one attached hydrogen (secondary N) is 1. The van der Waals surface area contributed by atoms with Gasteiger partial charge < -0.3 is 5.32 Å². The van der Waals surface area contributed by atoms with Crippen LogP contribution in [0.15, 0.2) is 0 Å². The first-order valence-corrected chi connectivity index (χ1v) is 3.55. The Kier molecular flexibility index (Phi) is 4.24. The van der Waals surface area contributed by atoms with Crippen molar-refractivity contribution in [3.63, 3.8) is 0 Å². The molecule has 0 aromatic rings. The van der Waals surface area contributed by atoms with E-state index in [2.05, 4.69) is 19.2 Å². The third-order valence-electron chi connectivity index (χ3n) is 1.84. The van der Waals surface area contributed by atoms with Crippen molar-refractivity contribution < 1.29 is 0 Å². The van der Waals surface area contributed by atoms with E-state index in [0.717, 1.165) is 12.1 Å². The highest BCUT2D eigenvalue weighted by Crippen LogP contribution is 2.10. The monoisotopic (exact) mass is 149 g/mol. The zero-order valence-corrected chi connectivity index (χ0v) is 7.00. The quantitative estimate of drug-likeness (QED) is 0.555. The molecule has 1 fully saturated rings. The zero-order valence-electron chi connectivity index (χ0n) is 6.18. The van der Waals surface area contributed by atoms with Crippen molar-refractivity contribution in [2.24, 2.45) is 0 Å². The summed E-state index contributed by atoms with van der Waals surface area (Å²) in [5.74, 6) is 0. The van der Waals surface area contributed by atoms with E-state index in [1.807, 2.05) is 0 Å². The Balaban J connectivity index is 0.000000640. The van der Waals surface area contributed by atoms with Gasteiger partial charge in [-0.3, -0.25) is 0 Å². The molecule has 0 radical (unpaired) electrons. The molecule has 0 amide bonds. The minimum absolute atomic E-state index is 0. The molecule has 2 heteroatoms. The van der Waals surface area contributed by atoms with Crippen molar-refractivity contribution in [3.05, 3.63) is 0 Å². The Morgan fingerprint density at radius 2 is 1.56 bits per heavy atom. The number of piperidine rings is 1. The fourth-order valence-corrected chi connectivity index (χ4v) is 1.38. The first-order chi connectivity index (χ1) is 3.79. The molecular formula is C7H16ClN. The lowest BCUT2D eigenvalue weighted by Crippen LogP contribution is -2.38. The molecule has 1 unspecified atom stereocenters. The van der Waals surface area contributed by atoms with E-state index in [9.17, 15) is 0 Å². The first kappa shape index (κ1) is 9.25. The summed E-state index contributed by atoms with van der Waals surface area (Å²) in [5, 5.41) is 3.48. The van der Waals surface area contributed by atoms with Gasteiger partial charge in [0.1, 0.15) is 0 Å². The summed E-state index contributed by atoms with van der Waals surface area (Å²) >= 11 is 0. The first-order valence-electron chi connectivity index (χ1n) is 3.55. The summed E-state index contributed by atoms with van der Waals surface area (Å²) in [6.07, 6.45) is 4.14. The maximum Gasteiger partial charge on any atom is 0.00412 e. The Labute approximate surface area is 63.6 Å². The number of hydrogen-bond donors (Lipinski definition) is 1. The third kappa shape index (κ3) is 3.07. The van der Waals surface area contributed by atoms with E-state index in [0.29, 0.717) is 0 Å². The van der Waals surface area contributed by atoms with Crippen LogP contribution >= 0.6 is 12.4 Å². The van der Waals surface area contributed by atoms with Gasteiger partial charge in [0.15, 0.2) is 0 Å². The van der Waals surface area contributed by atoms with Crippen molar-refractivity contribution in [1.82, 2.24) is 5.32 Å². The number of halogens is 1. The van der Waals surface area contributed by atoms with Crippen LogP contribution in [0.4, 0.5) is 0 Å². The van der Waals surface area contributed by atoms with E-state index in [1.54, 1.807) is 0 Å². The van der Waals surface area contributed by atoms with E-state index in [4.69, 9.17) is 0 Å². The fourth-order valence-electron chi connectivity index (χ4n) is 1.38. The highest BCUT2D eigenvalue weighted by Gasteiger charge is 2.11. The topological polar surface area (TPSA) is 12.0 Å². The van der Waals surface area contributed by atoms with E-state index in [1.165, 1.54) is 19.3 Å². The molecule has 0 aromatic heterocycles. The summed E-state index contributed by atoms with van der Waals surface area (Å²) in [6.45, 7) is 4.52. The second kappa shape index (κ2) is 4.13. The van der Waals surface area contributed by atoms with Crippen molar-refractivity contribution >= 4 is 12.4 Å². The van der Waals surface area contributed by atoms with Crippen LogP contribution in [0.5, 0.6) is 0 Å². The Hall–Kier alpha value is 0.250. The van der Waals surface area contributed by atoms with E-state index < -0.39 is 0 Å². The van der Waals surface area contributed by atoms with Gasteiger partial charge in [-0.1, -0.05) is 6.42 Å². The summed E-state index contributed by atoms with van der Waals surface area (Å²) in [7, 11) is 0. The molecule has 2 atom stereocenters. The highest BCUT2D eigenvalue weighted by atomic mass is 35.5. The van der Waals surface area contributed by atoms with Crippen molar-refractivity contribution in [2.75, 3.05) is 0 Å². The van der Waals surface area contributed by atoms with Crippen molar-refractivity contribution in [3.8, 4) is 0 Å². The lowest BCUT2D eigenvalue weighted by atomic mass is 10.0. The predicted molar refractivity (Wildman–Crippen MR) is 43.2 cm³/mol. The molecule has 1 saturated heterocycles. The average Bonchev–Trinajstić information content (AvgIpc) is 1.64. The molecule has 0 bridgehead atoms. The third-order valence-corrected chi connectivity index (χ3v) is 1.84. The lowest BCUT2D eigenvalue weighted by Gasteiger charge is -2.25. The Bertz CT molecular complexity index is 67.3. The van der Waals surface area contributed by atoms with Gasteiger partial charge in [-0.15, -0.1) is 12.4 Å². The molecule has 1 nitrogen and oxygen atoms in total. The normalized spacial score (nSPS) is 35.3. The molecule has 1 heterocycles. The predicted octanol–water partition coefficient (Wildman–Crippen LogP) is 1.96. The van der Waals surface area contributed by atoms with E-state index in [-0.39, 0.29) is 12.4 Å². The maximum absolute atomic E-state index is 3.48. The van der Waals surface area contributed by atoms with Crippen LogP contribution in [0.3, 0.4) is 0 Å². The van der Waals surface area contributed by atoms with Gasteiger partial charge in [0.05, 0.1) is 0 Å². The fraction of sp³-hybridized carbons (Fsp3) is 1.00. The maximum atomic E-state index is 3.48.